The largest absolute Gasteiger partial charge is 0.381 e. The highest BCUT2D eigenvalue weighted by Crippen LogP contribution is 2.49. The molecule has 3 heterocycles. The van der Waals surface area contributed by atoms with Crippen LogP contribution in [0.1, 0.15) is 40.8 Å². The van der Waals surface area contributed by atoms with Gasteiger partial charge >= 0.3 is 0 Å². The SMILES string of the molecule is Cc1noc([C@@H]2CN(C(=O)c3ccc(F)c(F)c3)CC23CCOCC3)n1. The summed E-state index contributed by atoms with van der Waals surface area (Å²) in [4.78, 5) is 18.9. The van der Waals surface area contributed by atoms with Gasteiger partial charge in [-0.3, -0.25) is 4.79 Å². The minimum absolute atomic E-state index is 0.0955. The van der Waals surface area contributed by atoms with E-state index in [2.05, 4.69) is 10.1 Å². The number of carbonyl (C=O) groups excluding carboxylic acids is 1. The van der Waals surface area contributed by atoms with E-state index >= 15 is 0 Å². The van der Waals surface area contributed by atoms with Crippen LogP contribution in [-0.2, 0) is 4.74 Å². The molecule has 1 atom stereocenters. The number of rotatable bonds is 2. The summed E-state index contributed by atoms with van der Waals surface area (Å²) in [5.41, 5.74) is -0.0701. The Morgan fingerprint density at radius 3 is 2.69 bits per heavy atom. The van der Waals surface area contributed by atoms with Gasteiger partial charge < -0.3 is 14.2 Å². The molecule has 0 aliphatic carbocycles. The van der Waals surface area contributed by atoms with Crippen molar-refractivity contribution in [2.24, 2.45) is 5.41 Å². The molecule has 6 nitrogen and oxygen atoms in total. The number of benzene rings is 1. The standard InChI is InChI=1S/C18H19F2N3O3/c1-11-21-16(26-22-11)13-9-23(10-18(13)4-6-25-7-5-18)17(24)12-2-3-14(19)15(20)8-12/h2-3,8,13H,4-7,9-10H2,1H3/t13-/m0/s1. The molecule has 1 aromatic heterocycles. The lowest BCUT2D eigenvalue weighted by molar-refractivity contribution is 0.00836. The van der Waals surface area contributed by atoms with Gasteiger partial charge in [0.15, 0.2) is 17.5 Å². The highest BCUT2D eigenvalue weighted by molar-refractivity contribution is 5.94. The normalized spacial score (nSPS) is 22.1. The zero-order valence-electron chi connectivity index (χ0n) is 14.4. The van der Waals surface area contributed by atoms with Crippen LogP contribution in [0.15, 0.2) is 22.7 Å². The Bertz CT molecular complexity index is 833. The third kappa shape index (κ3) is 2.88. The molecular formula is C18H19F2N3O3. The van der Waals surface area contributed by atoms with Gasteiger partial charge in [-0.2, -0.15) is 4.98 Å². The maximum atomic E-state index is 13.5. The van der Waals surface area contributed by atoms with Crippen molar-refractivity contribution in [2.75, 3.05) is 26.3 Å². The van der Waals surface area contributed by atoms with Crippen LogP contribution in [0.25, 0.3) is 0 Å². The molecule has 1 amide bonds. The second kappa shape index (κ2) is 6.42. The van der Waals surface area contributed by atoms with Crippen molar-refractivity contribution in [2.45, 2.75) is 25.7 Å². The van der Waals surface area contributed by atoms with E-state index in [1.165, 1.54) is 6.07 Å². The lowest BCUT2D eigenvalue weighted by Crippen LogP contribution is -2.37. The molecular weight excluding hydrogens is 344 g/mol. The predicted octanol–water partition coefficient (Wildman–Crippen LogP) is 2.69. The summed E-state index contributed by atoms with van der Waals surface area (Å²) in [6.45, 7) is 3.87. The molecule has 0 radical (unpaired) electrons. The number of aromatic nitrogens is 2. The second-order valence-corrected chi connectivity index (χ2v) is 7.02. The van der Waals surface area contributed by atoms with E-state index in [1.54, 1.807) is 11.8 Å². The summed E-state index contributed by atoms with van der Waals surface area (Å²) in [5, 5.41) is 3.88. The minimum Gasteiger partial charge on any atom is -0.381 e. The highest BCUT2D eigenvalue weighted by atomic mass is 19.2. The number of hydrogen-bond donors (Lipinski definition) is 0. The van der Waals surface area contributed by atoms with Gasteiger partial charge in [-0.25, -0.2) is 8.78 Å². The third-order valence-corrected chi connectivity index (χ3v) is 5.43. The third-order valence-electron chi connectivity index (χ3n) is 5.43. The molecule has 2 aliphatic rings. The Balaban J connectivity index is 1.64. The fraction of sp³-hybridized carbons (Fsp3) is 0.500. The van der Waals surface area contributed by atoms with E-state index in [0.717, 1.165) is 25.0 Å². The van der Waals surface area contributed by atoms with Gasteiger partial charge in [-0.15, -0.1) is 0 Å². The van der Waals surface area contributed by atoms with E-state index in [0.29, 0.717) is 38.0 Å². The van der Waals surface area contributed by atoms with Crippen LogP contribution in [0.3, 0.4) is 0 Å². The van der Waals surface area contributed by atoms with Crippen molar-refractivity contribution in [3.8, 4) is 0 Å². The number of hydrogen-bond acceptors (Lipinski definition) is 5. The van der Waals surface area contributed by atoms with Crippen LogP contribution in [0.2, 0.25) is 0 Å². The fourth-order valence-electron chi connectivity index (χ4n) is 4.01. The molecule has 0 bridgehead atoms. The van der Waals surface area contributed by atoms with Gasteiger partial charge in [0.2, 0.25) is 5.89 Å². The van der Waals surface area contributed by atoms with Crippen LogP contribution < -0.4 is 0 Å². The first kappa shape index (κ1) is 17.1. The van der Waals surface area contributed by atoms with Crippen LogP contribution in [0.5, 0.6) is 0 Å². The predicted molar refractivity (Wildman–Crippen MR) is 86.5 cm³/mol. The van der Waals surface area contributed by atoms with Gasteiger partial charge in [0, 0.05) is 37.3 Å². The Morgan fingerprint density at radius 2 is 2.04 bits per heavy atom. The number of ether oxygens (including phenoxy) is 1. The smallest absolute Gasteiger partial charge is 0.254 e. The maximum absolute atomic E-state index is 13.5. The van der Waals surface area contributed by atoms with Crippen LogP contribution in [0, 0.1) is 24.0 Å². The molecule has 2 fully saturated rings. The second-order valence-electron chi connectivity index (χ2n) is 7.02. The van der Waals surface area contributed by atoms with Crippen LogP contribution in [-0.4, -0.2) is 47.3 Å². The summed E-state index contributed by atoms with van der Waals surface area (Å²) < 4.78 is 37.6. The summed E-state index contributed by atoms with van der Waals surface area (Å²) in [5.74, 6) is -1.35. The van der Waals surface area contributed by atoms with E-state index in [9.17, 15) is 13.6 Å². The van der Waals surface area contributed by atoms with E-state index < -0.39 is 11.6 Å². The molecule has 0 N–H and O–H groups in total. The van der Waals surface area contributed by atoms with Crippen molar-refractivity contribution in [3.63, 3.8) is 0 Å². The highest BCUT2D eigenvalue weighted by Gasteiger charge is 2.51. The quantitative estimate of drug-likeness (QED) is 0.821. The zero-order valence-corrected chi connectivity index (χ0v) is 14.4. The van der Waals surface area contributed by atoms with Crippen molar-refractivity contribution < 1.29 is 22.8 Å². The Morgan fingerprint density at radius 1 is 1.27 bits per heavy atom. The number of carbonyl (C=O) groups is 1. The number of aryl methyl sites for hydroxylation is 1. The summed E-state index contributed by atoms with van der Waals surface area (Å²) in [6, 6.07) is 3.22. The monoisotopic (exact) mass is 363 g/mol. The van der Waals surface area contributed by atoms with Crippen molar-refractivity contribution in [1.82, 2.24) is 15.0 Å². The molecule has 2 aliphatic heterocycles. The lowest BCUT2D eigenvalue weighted by Gasteiger charge is -2.36. The first-order valence-corrected chi connectivity index (χ1v) is 8.61. The Kier molecular flexibility index (Phi) is 4.22. The van der Waals surface area contributed by atoms with E-state index in [4.69, 9.17) is 9.26 Å². The van der Waals surface area contributed by atoms with Gasteiger partial charge in [0.05, 0.1) is 5.92 Å². The number of nitrogens with zero attached hydrogens (tertiary/aromatic N) is 3. The first-order valence-electron chi connectivity index (χ1n) is 8.61. The van der Waals surface area contributed by atoms with Crippen molar-refractivity contribution in [3.05, 3.63) is 47.1 Å². The molecule has 2 aromatic rings. The molecule has 8 heteroatoms. The molecule has 26 heavy (non-hydrogen) atoms. The average Bonchev–Trinajstić information content (AvgIpc) is 3.21. The van der Waals surface area contributed by atoms with Gasteiger partial charge in [-0.1, -0.05) is 5.16 Å². The fourth-order valence-corrected chi connectivity index (χ4v) is 4.01. The summed E-state index contributed by atoms with van der Waals surface area (Å²) in [6.07, 6.45) is 1.56. The van der Waals surface area contributed by atoms with Crippen molar-refractivity contribution >= 4 is 5.91 Å². The number of likely N-dealkylation sites (tertiary alicyclic amines) is 1. The maximum Gasteiger partial charge on any atom is 0.254 e. The molecule has 2 saturated heterocycles. The number of amides is 1. The molecule has 0 saturated carbocycles. The zero-order chi connectivity index (χ0) is 18.3. The van der Waals surface area contributed by atoms with E-state index in [1.807, 2.05) is 0 Å². The Labute approximate surface area is 149 Å². The topological polar surface area (TPSA) is 68.5 Å². The van der Waals surface area contributed by atoms with E-state index in [-0.39, 0.29) is 22.8 Å². The first-order chi connectivity index (χ1) is 12.5. The van der Waals surface area contributed by atoms with Gasteiger partial charge in [0.1, 0.15) is 0 Å². The summed E-state index contributed by atoms with van der Waals surface area (Å²) >= 11 is 0. The van der Waals surface area contributed by atoms with Crippen LogP contribution >= 0.6 is 0 Å². The molecule has 4 rings (SSSR count). The lowest BCUT2D eigenvalue weighted by atomic mass is 9.72. The Hall–Kier alpha value is -2.35. The molecule has 0 unspecified atom stereocenters. The van der Waals surface area contributed by atoms with Crippen LogP contribution in [0.4, 0.5) is 8.78 Å². The van der Waals surface area contributed by atoms with Crippen molar-refractivity contribution in [1.29, 1.82) is 0 Å². The average molecular weight is 363 g/mol. The molecule has 1 spiro atoms. The summed E-state index contributed by atoms with van der Waals surface area (Å²) in [7, 11) is 0. The molecule has 1 aromatic carbocycles. The van der Waals surface area contributed by atoms with Gasteiger partial charge in [0.25, 0.3) is 5.91 Å². The molecule has 138 valence electrons. The number of halogens is 2. The van der Waals surface area contributed by atoms with Gasteiger partial charge in [-0.05, 0) is 38.0 Å². The minimum atomic E-state index is -1.03.